The van der Waals surface area contributed by atoms with Crippen LogP contribution in [0.4, 0.5) is 4.39 Å². The summed E-state index contributed by atoms with van der Waals surface area (Å²) >= 11 is 0. The smallest absolute Gasteiger partial charge is 0.270 e. The van der Waals surface area contributed by atoms with E-state index in [2.05, 4.69) is 10.3 Å². The molecule has 0 bridgehead atoms. The van der Waals surface area contributed by atoms with Crippen LogP contribution in [-0.2, 0) is 23.2 Å². The lowest BCUT2D eigenvalue weighted by Crippen LogP contribution is -2.40. The molecule has 0 aliphatic rings. The molecule has 0 saturated heterocycles. The Labute approximate surface area is 169 Å². The molecule has 7 heteroatoms. The fourth-order valence-electron chi connectivity index (χ4n) is 2.85. The molecule has 1 aromatic carbocycles. The van der Waals surface area contributed by atoms with Gasteiger partial charge in [-0.1, -0.05) is 0 Å². The van der Waals surface area contributed by atoms with Crippen LogP contribution in [0.15, 0.2) is 30.5 Å². The van der Waals surface area contributed by atoms with Gasteiger partial charge in [-0.25, -0.2) is 4.39 Å². The Hall–Kier alpha value is -2.80. The molecule has 2 aromatic rings. The Morgan fingerprint density at radius 3 is 2.34 bits per heavy atom. The minimum absolute atomic E-state index is 0.00817. The van der Waals surface area contributed by atoms with Gasteiger partial charge in [-0.3, -0.25) is 14.6 Å². The summed E-state index contributed by atoms with van der Waals surface area (Å²) in [6.45, 7) is 8.43. The van der Waals surface area contributed by atoms with E-state index in [1.807, 2.05) is 20.8 Å². The molecular formula is C22H27FN2O4. The number of benzene rings is 1. The van der Waals surface area contributed by atoms with E-state index in [0.717, 1.165) is 12.1 Å². The average molecular weight is 402 g/mol. The minimum Gasteiger partial charge on any atom is -0.508 e. The van der Waals surface area contributed by atoms with Crippen LogP contribution in [0.5, 0.6) is 5.75 Å². The first-order valence-corrected chi connectivity index (χ1v) is 9.29. The van der Waals surface area contributed by atoms with Gasteiger partial charge in [0, 0.05) is 30.1 Å². The normalized spacial score (nSPS) is 12.0. The fraction of sp³-hybridized carbons (Fsp3) is 0.409. The second kappa shape index (κ2) is 8.29. The summed E-state index contributed by atoms with van der Waals surface area (Å²) in [7, 11) is 0. The number of ketones is 1. The maximum Gasteiger partial charge on any atom is 0.270 e. The first-order chi connectivity index (χ1) is 13.3. The van der Waals surface area contributed by atoms with E-state index >= 15 is 0 Å². The van der Waals surface area contributed by atoms with E-state index < -0.39 is 17.0 Å². The predicted molar refractivity (Wildman–Crippen MR) is 107 cm³/mol. The van der Waals surface area contributed by atoms with Crippen LogP contribution in [0.3, 0.4) is 0 Å². The molecule has 1 aromatic heterocycles. The van der Waals surface area contributed by atoms with Gasteiger partial charge in [0.15, 0.2) is 0 Å². The average Bonchev–Trinajstić information content (AvgIpc) is 2.55. The van der Waals surface area contributed by atoms with Gasteiger partial charge in [-0.15, -0.1) is 0 Å². The van der Waals surface area contributed by atoms with E-state index in [1.54, 1.807) is 6.07 Å². The predicted octanol–water partition coefficient (Wildman–Crippen LogP) is 3.04. The Balaban J connectivity index is 2.13. The highest BCUT2D eigenvalue weighted by molar-refractivity contribution is 5.93. The summed E-state index contributed by atoms with van der Waals surface area (Å²) in [5.74, 6) is -1.57. The Kier molecular flexibility index (Phi) is 6.43. The molecule has 0 spiro atoms. The van der Waals surface area contributed by atoms with Crippen molar-refractivity contribution in [3.8, 4) is 5.75 Å². The van der Waals surface area contributed by atoms with Crippen LogP contribution in [-0.4, -0.2) is 32.4 Å². The monoisotopic (exact) mass is 402 g/mol. The number of rotatable bonds is 6. The molecule has 0 unspecified atom stereocenters. The van der Waals surface area contributed by atoms with Crippen molar-refractivity contribution >= 4 is 11.7 Å². The molecule has 1 amide bonds. The van der Waals surface area contributed by atoms with Crippen molar-refractivity contribution in [2.24, 2.45) is 0 Å². The second-order valence-electron chi connectivity index (χ2n) is 8.67. The Bertz CT molecular complexity index is 927. The highest BCUT2D eigenvalue weighted by Gasteiger charge is 2.23. The number of phenols is 1. The Morgan fingerprint density at radius 1 is 1.10 bits per heavy atom. The maximum atomic E-state index is 14.3. The van der Waals surface area contributed by atoms with Gasteiger partial charge < -0.3 is 15.5 Å². The molecule has 3 N–H and O–H groups in total. The maximum absolute atomic E-state index is 14.3. The number of pyridine rings is 1. The molecule has 29 heavy (non-hydrogen) atoms. The third-order valence-corrected chi connectivity index (χ3v) is 4.16. The number of aromatic nitrogens is 1. The number of hydrogen-bond donors (Lipinski definition) is 3. The van der Waals surface area contributed by atoms with Crippen molar-refractivity contribution in [3.05, 3.63) is 58.7 Å². The van der Waals surface area contributed by atoms with E-state index in [0.29, 0.717) is 5.56 Å². The molecule has 0 fully saturated rings. The van der Waals surface area contributed by atoms with Gasteiger partial charge >= 0.3 is 0 Å². The molecule has 1 heterocycles. The first kappa shape index (κ1) is 22.5. The molecule has 0 radical (unpaired) electrons. The number of phenolic OH excluding ortho intramolecular Hbond substituents is 1. The quantitative estimate of drug-likeness (QED) is 0.690. The van der Waals surface area contributed by atoms with Crippen LogP contribution < -0.4 is 5.32 Å². The topological polar surface area (TPSA) is 99.5 Å². The van der Waals surface area contributed by atoms with Gasteiger partial charge in [0.1, 0.15) is 23.0 Å². The third-order valence-electron chi connectivity index (χ3n) is 4.16. The van der Waals surface area contributed by atoms with E-state index in [9.17, 15) is 24.2 Å². The SMILES string of the molecule is CC(C)(C)NC(=O)c1cc(CC(=O)Cc2cc(O)c(C(C)(C)O)cc2F)ccn1. The summed E-state index contributed by atoms with van der Waals surface area (Å²) in [4.78, 5) is 28.7. The largest absolute Gasteiger partial charge is 0.508 e. The number of Topliss-reactive ketones (excluding diaryl/α,β-unsaturated/α-hetero) is 1. The number of nitrogens with zero attached hydrogens (tertiary/aromatic N) is 1. The minimum atomic E-state index is -1.41. The lowest BCUT2D eigenvalue weighted by atomic mass is 9.94. The van der Waals surface area contributed by atoms with E-state index in [4.69, 9.17) is 0 Å². The lowest BCUT2D eigenvalue weighted by molar-refractivity contribution is -0.117. The fourth-order valence-corrected chi connectivity index (χ4v) is 2.85. The zero-order chi connectivity index (χ0) is 22.0. The molecule has 0 aliphatic carbocycles. The van der Waals surface area contributed by atoms with Gasteiger partial charge in [-0.05, 0) is 70.0 Å². The number of aromatic hydroxyl groups is 1. The molecule has 0 saturated carbocycles. The molecule has 6 nitrogen and oxygen atoms in total. The third kappa shape index (κ3) is 6.35. The first-order valence-electron chi connectivity index (χ1n) is 9.29. The van der Waals surface area contributed by atoms with Gasteiger partial charge in [0.2, 0.25) is 0 Å². The molecule has 0 atom stereocenters. The van der Waals surface area contributed by atoms with E-state index in [1.165, 1.54) is 26.1 Å². The lowest BCUT2D eigenvalue weighted by Gasteiger charge is -2.20. The Morgan fingerprint density at radius 2 is 1.76 bits per heavy atom. The molecule has 156 valence electrons. The van der Waals surface area contributed by atoms with Crippen LogP contribution >= 0.6 is 0 Å². The number of nitrogens with one attached hydrogen (secondary N) is 1. The molecule has 0 aliphatic heterocycles. The number of carbonyl (C=O) groups excluding carboxylic acids is 2. The zero-order valence-corrected chi connectivity index (χ0v) is 17.3. The van der Waals surface area contributed by atoms with Crippen LogP contribution in [0.2, 0.25) is 0 Å². The van der Waals surface area contributed by atoms with E-state index in [-0.39, 0.29) is 47.1 Å². The van der Waals surface area contributed by atoms with Crippen molar-refractivity contribution in [1.29, 1.82) is 0 Å². The number of amides is 1. The summed E-state index contributed by atoms with van der Waals surface area (Å²) in [5.41, 5.74) is -0.950. The summed E-state index contributed by atoms with van der Waals surface area (Å²) in [6.07, 6.45) is 1.22. The number of halogens is 1. The van der Waals surface area contributed by atoms with Gasteiger partial charge in [0.25, 0.3) is 5.91 Å². The summed E-state index contributed by atoms with van der Waals surface area (Å²) < 4.78 is 14.3. The van der Waals surface area contributed by atoms with Crippen molar-refractivity contribution in [1.82, 2.24) is 10.3 Å². The number of aliphatic hydroxyl groups is 1. The number of carbonyl (C=O) groups is 2. The van der Waals surface area contributed by atoms with Crippen molar-refractivity contribution in [2.45, 2.75) is 58.6 Å². The second-order valence-corrected chi connectivity index (χ2v) is 8.67. The standard InChI is InChI=1S/C22H27FN2O4/c1-21(2,3)25-20(28)18-9-13(6-7-24-18)8-15(26)10-14-11-19(27)16(12-17(14)23)22(4,5)29/h6-7,9,11-12,27,29H,8,10H2,1-5H3,(H,25,28). The van der Waals surface area contributed by atoms with Crippen LogP contribution in [0.25, 0.3) is 0 Å². The highest BCUT2D eigenvalue weighted by Crippen LogP contribution is 2.31. The summed E-state index contributed by atoms with van der Waals surface area (Å²) in [5, 5.41) is 22.8. The highest BCUT2D eigenvalue weighted by atomic mass is 19.1. The van der Waals surface area contributed by atoms with Crippen LogP contribution in [0, 0.1) is 5.82 Å². The van der Waals surface area contributed by atoms with Crippen LogP contribution in [0.1, 0.15) is 61.8 Å². The van der Waals surface area contributed by atoms with Gasteiger partial charge in [-0.2, -0.15) is 0 Å². The molecular weight excluding hydrogens is 375 g/mol. The van der Waals surface area contributed by atoms with Crippen molar-refractivity contribution < 1.29 is 24.2 Å². The van der Waals surface area contributed by atoms with Crippen molar-refractivity contribution in [3.63, 3.8) is 0 Å². The summed E-state index contributed by atoms with van der Waals surface area (Å²) in [6, 6.07) is 5.36. The zero-order valence-electron chi connectivity index (χ0n) is 17.3. The van der Waals surface area contributed by atoms with Crippen molar-refractivity contribution in [2.75, 3.05) is 0 Å². The number of hydrogen-bond acceptors (Lipinski definition) is 5. The molecule has 2 rings (SSSR count). The van der Waals surface area contributed by atoms with Gasteiger partial charge in [0.05, 0.1) is 5.60 Å².